The van der Waals surface area contributed by atoms with Gasteiger partial charge in [0.15, 0.2) is 5.88 Å². The summed E-state index contributed by atoms with van der Waals surface area (Å²) in [5.74, 6) is 0.986. The quantitative estimate of drug-likeness (QED) is 0.561. The molecular formula is C18H25ClN2O3. The molecule has 2 aromatic rings. The number of methoxy groups -OCH3 is 1. The maximum absolute atomic E-state index is 11.4. The highest BCUT2D eigenvalue weighted by Crippen LogP contribution is 2.15. The standard InChI is InChI=1S/C18H24N2O3.ClH/c1-12(15-9-17(21)20-18(22)10-15)11-19-13(2)8-14-4-6-16(23-3)7-5-14;/h4-7,9-10,12-13,19H,8,11H2,1-3H3,(H2,20,21,22);1H. The van der Waals surface area contributed by atoms with Crippen molar-refractivity contribution >= 4 is 0 Å². The van der Waals surface area contributed by atoms with Crippen LogP contribution in [-0.4, -0.2) is 29.8 Å². The number of aromatic nitrogens is 1. The first-order chi connectivity index (χ1) is 11.0. The first kappa shape index (κ1) is 20.1. The Bertz CT molecular complexity index is 685. The highest BCUT2D eigenvalue weighted by molar-refractivity contribution is 5.27. The topological polar surface area (TPSA) is 78.9 Å². The molecule has 0 saturated heterocycles. The number of pyridine rings is 1. The van der Waals surface area contributed by atoms with Crippen molar-refractivity contribution in [2.45, 2.75) is 32.2 Å². The van der Waals surface area contributed by atoms with Crippen LogP contribution in [0.25, 0.3) is 0 Å². The molecular weight excluding hydrogens is 328 g/mol. The van der Waals surface area contributed by atoms with E-state index >= 15 is 0 Å². The number of H-pyrrole nitrogens is 1. The van der Waals surface area contributed by atoms with Crippen molar-refractivity contribution in [2.24, 2.45) is 0 Å². The molecule has 0 bridgehead atoms. The summed E-state index contributed by atoms with van der Waals surface area (Å²) in [6, 6.07) is 11.7. The van der Waals surface area contributed by atoms with Crippen molar-refractivity contribution in [1.29, 1.82) is 0 Å². The molecule has 0 radical (unpaired) electrons. The summed E-state index contributed by atoms with van der Waals surface area (Å²) in [7, 11) is 1.67. The number of hydrogen-bond donors (Lipinski definition) is 3. The fourth-order valence-electron chi connectivity index (χ4n) is 2.62. The van der Waals surface area contributed by atoms with Gasteiger partial charge in [0, 0.05) is 24.5 Å². The van der Waals surface area contributed by atoms with E-state index in [9.17, 15) is 9.90 Å². The van der Waals surface area contributed by atoms with Crippen LogP contribution in [0.1, 0.15) is 30.9 Å². The van der Waals surface area contributed by atoms with Gasteiger partial charge in [0.05, 0.1) is 19.7 Å². The molecule has 0 saturated carbocycles. The lowest BCUT2D eigenvalue weighted by molar-refractivity contribution is -0.687. The highest BCUT2D eigenvalue weighted by atomic mass is 35.5. The molecule has 1 heterocycles. The first-order valence-corrected chi connectivity index (χ1v) is 7.87. The number of hydrogen-bond acceptors (Lipinski definition) is 3. The Morgan fingerprint density at radius 2 is 1.88 bits per heavy atom. The number of aromatic amines is 1. The number of nitrogens with two attached hydrogens (primary N) is 1. The Kier molecular flexibility index (Phi) is 7.82. The van der Waals surface area contributed by atoms with Crippen LogP contribution < -0.4 is 28.0 Å². The molecule has 2 atom stereocenters. The zero-order valence-corrected chi connectivity index (χ0v) is 15.0. The average molecular weight is 353 g/mol. The minimum atomic E-state index is -0.266. The van der Waals surface area contributed by atoms with Crippen LogP contribution >= 0.6 is 0 Å². The van der Waals surface area contributed by atoms with Crippen molar-refractivity contribution in [3.8, 4) is 11.6 Å². The van der Waals surface area contributed by atoms with Gasteiger partial charge in [-0.1, -0.05) is 19.1 Å². The van der Waals surface area contributed by atoms with Crippen molar-refractivity contribution in [2.75, 3.05) is 13.7 Å². The lowest BCUT2D eigenvalue weighted by atomic mass is 10.0. The zero-order valence-electron chi connectivity index (χ0n) is 14.3. The van der Waals surface area contributed by atoms with Crippen LogP contribution in [0.2, 0.25) is 0 Å². The predicted octanol–water partition coefficient (Wildman–Crippen LogP) is -1.61. The summed E-state index contributed by atoms with van der Waals surface area (Å²) in [6.07, 6.45) is 0.970. The van der Waals surface area contributed by atoms with Gasteiger partial charge in [-0.15, -0.1) is 0 Å². The highest BCUT2D eigenvalue weighted by Gasteiger charge is 2.13. The summed E-state index contributed by atoms with van der Waals surface area (Å²) in [4.78, 5) is 13.8. The summed E-state index contributed by atoms with van der Waals surface area (Å²) in [5, 5.41) is 11.8. The molecule has 0 aliphatic carbocycles. The summed E-state index contributed by atoms with van der Waals surface area (Å²) >= 11 is 0. The normalized spacial score (nSPS) is 13.0. The van der Waals surface area contributed by atoms with Gasteiger partial charge in [0.2, 0.25) is 0 Å². The number of aromatic hydroxyl groups is 1. The Labute approximate surface area is 148 Å². The van der Waals surface area contributed by atoms with Crippen LogP contribution in [0.5, 0.6) is 11.6 Å². The van der Waals surface area contributed by atoms with E-state index in [0.29, 0.717) is 6.04 Å². The Balaban J connectivity index is 0.00000288. The number of quaternary nitrogens is 1. The van der Waals surface area contributed by atoms with Crippen LogP contribution in [0.3, 0.4) is 0 Å². The molecule has 0 aliphatic rings. The van der Waals surface area contributed by atoms with E-state index in [2.05, 4.69) is 36.3 Å². The molecule has 0 amide bonds. The summed E-state index contributed by atoms with van der Waals surface area (Å²) in [5.41, 5.74) is 1.87. The van der Waals surface area contributed by atoms with E-state index in [1.807, 2.05) is 12.1 Å². The van der Waals surface area contributed by atoms with Gasteiger partial charge >= 0.3 is 0 Å². The molecule has 132 valence electrons. The number of halogens is 1. The van der Waals surface area contributed by atoms with Gasteiger partial charge in [-0.3, -0.25) is 9.78 Å². The molecule has 1 aromatic carbocycles. The maximum Gasteiger partial charge on any atom is 0.250 e. The summed E-state index contributed by atoms with van der Waals surface area (Å²) in [6.45, 7) is 5.11. The number of ether oxygens (including phenoxy) is 1. The minimum Gasteiger partial charge on any atom is -1.00 e. The van der Waals surface area contributed by atoms with Gasteiger partial charge in [-0.25, -0.2) is 0 Å². The predicted molar refractivity (Wildman–Crippen MR) is 90.1 cm³/mol. The molecule has 0 spiro atoms. The van der Waals surface area contributed by atoms with Crippen LogP contribution in [-0.2, 0) is 6.42 Å². The molecule has 24 heavy (non-hydrogen) atoms. The van der Waals surface area contributed by atoms with Crippen molar-refractivity contribution in [3.63, 3.8) is 0 Å². The molecule has 2 unspecified atom stereocenters. The molecule has 5 nitrogen and oxygen atoms in total. The van der Waals surface area contributed by atoms with Gasteiger partial charge in [-0.2, -0.15) is 0 Å². The lowest BCUT2D eigenvalue weighted by Gasteiger charge is -2.15. The number of benzene rings is 1. The summed E-state index contributed by atoms with van der Waals surface area (Å²) < 4.78 is 5.17. The third-order valence-electron chi connectivity index (χ3n) is 4.03. The monoisotopic (exact) mass is 352 g/mol. The first-order valence-electron chi connectivity index (χ1n) is 7.87. The Hall–Kier alpha value is -1.98. The van der Waals surface area contributed by atoms with E-state index < -0.39 is 0 Å². The van der Waals surface area contributed by atoms with E-state index in [4.69, 9.17) is 4.74 Å². The Morgan fingerprint density at radius 1 is 1.21 bits per heavy atom. The smallest absolute Gasteiger partial charge is 0.250 e. The van der Waals surface area contributed by atoms with Crippen LogP contribution in [0.15, 0.2) is 41.2 Å². The minimum absolute atomic E-state index is 0. The van der Waals surface area contributed by atoms with Gasteiger partial charge in [0.25, 0.3) is 5.56 Å². The molecule has 0 aliphatic heterocycles. The second kappa shape index (κ2) is 9.35. The molecule has 2 rings (SSSR count). The lowest BCUT2D eigenvalue weighted by Crippen LogP contribution is -3.00. The van der Waals surface area contributed by atoms with Crippen molar-refractivity contribution < 1.29 is 27.6 Å². The number of nitrogens with one attached hydrogen (secondary N) is 1. The third-order valence-corrected chi connectivity index (χ3v) is 4.03. The zero-order chi connectivity index (χ0) is 16.8. The second-order valence-electron chi connectivity index (χ2n) is 6.07. The molecule has 1 aromatic heterocycles. The fourth-order valence-corrected chi connectivity index (χ4v) is 2.62. The van der Waals surface area contributed by atoms with E-state index in [-0.39, 0.29) is 29.8 Å². The largest absolute Gasteiger partial charge is 1.00 e. The molecule has 6 heteroatoms. The van der Waals surface area contributed by atoms with Crippen molar-refractivity contribution in [3.05, 3.63) is 57.9 Å². The maximum atomic E-state index is 11.4. The van der Waals surface area contributed by atoms with Crippen LogP contribution in [0.4, 0.5) is 0 Å². The van der Waals surface area contributed by atoms with Gasteiger partial charge in [-0.05, 0) is 30.2 Å². The average Bonchev–Trinajstić information content (AvgIpc) is 2.52. The van der Waals surface area contributed by atoms with E-state index in [0.717, 1.165) is 24.3 Å². The van der Waals surface area contributed by atoms with E-state index in [1.165, 1.54) is 5.56 Å². The molecule has 4 N–H and O–H groups in total. The molecule has 0 fully saturated rings. The Morgan fingerprint density at radius 3 is 2.46 bits per heavy atom. The van der Waals surface area contributed by atoms with Crippen LogP contribution in [0, 0.1) is 0 Å². The van der Waals surface area contributed by atoms with E-state index in [1.54, 1.807) is 19.2 Å². The van der Waals surface area contributed by atoms with Crippen molar-refractivity contribution in [1.82, 2.24) is 4.98 Å². The number of rotatable bonds is 7. The second-order valence-corrected chi connectivity index (χ2v) is 6.07. The van der Waals surface area contributed by atoms with Gasteiger partial charge < -0.3 is 27.6 Å². The third kappa shape index (κ3) is 5.91. The fraction of sp³-hybridized carbons (Fsp3) is 0.389. The van der Waals surface area contributed by atoms with Gasteiger partial charge in [0.1, 0.15) is 5.75 Å². The SMILES string of the molecule is COc1ccc(CC(C)[NH2+]CC(C)c2cc(O)[nH]c(=O)c2)cc1.[Cl-].